The molecular formula is C23H19F3N4O4. The lowest BCUT2D eigenvalue weighted by Gasteiger charge is -2.09. The lowest BCUT2D eigenvalue weighted by atomic mass is 10.1. The Labute approximate surface area is 191 Å². The summed E-state index contributed by atoms with van der Waals surface area (Å²) >= 11 is 0. The molecule has 0 spiro atoms. The van der Waals surface area contributed by atoms with E-state index in [0.717, 1.165) is 24.3 Å². The number of nitrogens with zero attached hydrogens (tertiary/aromatic N) is 3. The van der Waals surface area contributed by atoms with Gasteiger partial charge in [0.25, 0.3) is 5.91 Å². The van der Waals surface area contributed by atoms with Gasteiger partial charge >= 0.3 is 12.2 Å². The third-order valence-electron chi connectivity index (χ3n) is 4.69. The normalized spacial score (nSPS) is 11.4. The first kappa shape index (κ1) is 23.1. The largest absolute Gasteiger partial charge is 0.461 e. The van der Waals surface area contributed by atoms with Crippen LogP contribution in [0.25, 0.3) is 17.3 Å². The van der Waals surface area contributed by atoms with Gasteiger partial charge in [-0.25, -0.2) is 4.68 Å². The van der Waals surface area contributed by atoms with Gasteiger partial charge in [-0.2, -0.15) is 18.2 Å². The maximum absolute atomic E-state index is 12.7. The number of amides is 1. The lowest BCUT2D eigenvalue weighted by molar-refractivity contribution is -0.137. The van der Waals surface area contributed by atoms with Crippen molar-refractivity contribution in [2.24, 2.45) is 0 Å². The van der Waals surface area contributed by atoms with Crippen LogP contribution in [-0.2, 0) is 10.9 Å². The van der Waals surface area contributed by atoms with Crippen molar-refractivity contribution in [3.63, 3.8) is 0 Å². The van der Waals surface area contributed by atoms with E-state index in [-0.39, 0.29) is 18.2 Å². The monoisotopic (exact) mass is 472 g/mol. The molecule has 4 aromatic rings. The van der Waals surface area contributed by atoms with Crippen molar-refractivity contribution in [2.45, 2.75) is 6.18 Å². The van der Waals surface area contributed by atoms with Crippen LogP contribution in [0.4, 0.5) is 18.9 Å². The van der Waals surface area contributed by atoms with Crippen LogP contribution in [0.2, 0.25) is 0 Å². The third kappa shape index (κ3) is 5.26. The number of rotatable bonds is 8. The molecule has 1 N–H and O–H groups in total. The second kappa shape index (κ2) is 9.79. The van der Waals surface area contributed by atoms with E-state index in [1.165, 1.54) is 10.9 Å². The molecular weight excluding hydrogens is 453 g/mol. The molecule has 0 saturated heterocycles. The number of alkyl halides is 3. The molecule has 176 valence electrons. The Morgan fingerprint density at radius 2 is 1.79 bits per heavy atom. The summed E-state index contributed by atoms with van der Waals surface area (Å²) in [4.78, 5) is 16.8. The number of hydrogen-bond acceptors (Lipinski definition) is 6. The first-order chi connectivity index (χ1) is 16.3. The predicted molar refractivity (Wildman–Crippen MR) is 116 cm³/mol. The number of furan rings is 1. The van der Waals surface area contributed by atoms with E-state index in [0.29, 0.717) is 29.6 Å². The van der Waals surface area contributed by atoms with Gasteiger partial charge in [0.05, 0.1) is 24.1 Å². The summed E-state index contributed by atoms with van der Waals surface area (Å²) in [6.07, 6.45) is -2.95. The summed E-state index contributed by atoms with van der Waals surface area (Å²) in [6.45, 7) is 0.644. The quantitative estimate of drug-likeness (QED) is 0.370. The number of methoxy groups -OCH3 is 1. The summed E-state index contributed by atoms with van der Waals surface area (Å²) in [6, 6.07) is 14.3. The zero-order valence-electron chi connectivity index (χ0n) is 17.9. The molecule has 0 fully saturated rings. The number of ether oxygens (including phenoxy) is 2. The fraction of sp³-hybridized carbons (Fsp3) is 0.174. The second-order valence-electron chi connectivity index (χ2n) is 7.02. The van der Waals surface area contributed by atoms with Crippen LogP contribution in [0.15, 0.2) is 71.3 Å². The van der Waals surface area contributed by atoms with Crippen molar-refractivity contribution in [3.8, 4) is 23.3 Å². The van der Waals surface area contributed by atoms with Gasteiger partial charge in [0.2, 0.25) is 5.82 Å². The molecule has 2 aromatic heterocycles. The Kier molecular flexibility index (Phi) is 6.64. The van der Waals surface area contributed by atoms with Crippen molar-refractivity contribution in [1.82, 2.24) is 14.8 Å². The summed E-state index contributed by atoms with van der Waals surface area (Å²) in [5.41, 5.74) is 0.350. The number of halogens is 3. The number of nitrogens with one attached hydrogen (secondary N) is 1. The molecule has 0 atom stereocenters. The molecule has 2 heterocycles. The van der Waals surface area contributed by atoms with Crippen molar-refractivity contribution < 1.29 is 31.9 Å². The summed E-state index contributed by atoms with van der Waals surface area (Å²) in [5, 5.41) is 7.02. The molecule has 0 unspecified atom stereocenters. The number of carbonyl (C=O) groups excluding carboxylic acids is 1. The molecule has 0 radical (unpaired) electrons. The minimum Gasteiger partial charge on any atom is -0.461 e. The standard InChI is InChI=1S/C23H19F3N4O4/c1-32-13-14-34-22-28-20(19-3-2-12-33-19)30(29-22)18-10-8-17(9-11-18)27-21(31)15-4-6-16(7-5-15)23(24,25)26/h2-12H,13-14H2,1H3,(H,27,31). The zero-order chi connectivity index (χ0) is 24.1. The second-order valence-corrected chi connectivity index (χ2v) is 7.02. The molecule has 1 amide bonds. The SMILES string of the molecule is COCCOc1nc(-c2ccco2)n(-c2ccc(NC(=O)c3ccc(C(F)(F)F)cc3)cc2)n1. The smallest absolute Gasteiger partial charge is 0.416 e. The van der Waals surface area contributed by atoms with Gasteiger partial charge in [0, 0.05) is 18.4 Å². The van der Waals surface area contributed by atoms with Gasteiger partial charge in [-0.05, 0) is 60.7 Å². The molecule has 0 saturated carbocycles. The Morgan fingerprint density at radius 1 is 1.06 bits per heavy atom. The van der Waals surface area contributed by atoms with Crippen LogP contribution < -0.4 is 10.1 Å². The first-order valence-corrected chi connectivity index (χ1v) is 10.1. The molecule has 34 heavy (non-hydrogen) atoms. The van der Waals surface area contributed by atoms with Gasteiger partial charge < -0.3 is 19.2 Å². The Balaban J connectivity index is 1.51. The highest BCUT2D eigenvalue weighted by atomic mass is 19.4. The van der Waals surface area contributed by atoms with Crippen LogP contribution in [0.3, 0.4) is 0 Å². The van der Waals surface area contributed by atoms with Gasteiger partial charge in [-0.1, -0.05) is 0 Å². The van der Waals surface area contributed by atoms with E-state index in [2.05, 4.69) is 15.4 Å². The van der Waals surface area contributed by atoms with Crippen LogP contribution in [0.1, 0.15) is 15.9 Å². The highest BCUT2D eigenvalue weighted by Crippen LogP contribution is 2.29. The van der Waals surface area contributed by atoms with E-state index < -0.39 is 17.6 Å². The first-order valence-electron chi connectivity index (χ1n) is 10.1. The summed E-state index contributed by atoms with van der Waals surface area (Å²) < 4.78 is 55.6. The van der Waals surface area contributed by atoms with E-state index in [1.54, 1.807) is 43.5 Å². The minimum absolute atomic E-state index is 0.103. The highest BCUT2D eigenvalue weighted by Gasteiger charge is 2.30. The van der Waals surface area contributed by atoms with Gasteiger partial charge in [-0.15, -0.1) is 5.10 Å². The molecule has 8 nitrogen and oxygen atoms in total. The molecule has 4 rings (SSSR count). The third-order valence-corrected chi connectivity index (χ3v) is 4.69. The number of aromatic nitrogens is 3. The van der Waals surface area contributed by atoms with Crippen molar-refractivity contribution in [2.75, 3.05) is 25.6 Å². The number of hydrogen-bond donors (Lipinski definition) is 1. The van der Waals surface area contributed by atoms with Gasteiger partial charge in [0.1, 0.15) is 6.61 Å². The van der Waals surface area contributed by atoms with Crippen molar-refractivity contribution >= 4 is 11.6 Å². The maximum atomic E-state index is 12.7. The number of carbonyl (C=O) groups is 1. The molecule has 0 aliphatic heterocycles. The highest BCUT2D eigenvalue weighted by molar-refractivity contribution is 6.04. The van der Waals surface area contributed by atoms with Crippen LogP contribution >= 0.6 is 0 Å². The van der Waals surface area contributed by atoms with Crippen LogP contribution in [0, 0.1) is 0 Å². The number of benzene rings is 2. The van der Waals surface area contributed by atoms with Crippen LogP contribution in [-0.4, -0.2) is 41.0 Å². The molecule has 2 aromatic carbocycles. The van der Waals surface area contributed by atoms with Crippen molar-refractivity contribution in [3.05, 3.63) is 78.1 Å². The van der Waals surface area contributed by atoms with E-state index in [9.17, 15) is 18.0 Å². The predicted octanol–water partition coefficient (Wildman–Crippen LogP) is 4.82. The zero-order valence-corrected chi connectivity index (χ0v) is 17.9. The average molecular weight is 472 g/mol. The van der Waals surface area contributed by atoms with E-state index >= 15 is 0 Å². The molecule has 0 aliphatic carbocycles. The average Bonchev–Trinajstić information content (AvgIpc) is 3.49. The van der Waals surface area contributed by atoms with Gasteiger partial charge in [-0.3, -0.25) is 4.79 Å². The lowest BCUT2D eigenvalue weighted by Crippen LogP contribution is -2.13. The topological polar surface area (TPSA) is 91.4 Å². The molecule has 11 heteroatoms. The Bertz CT molecular complexity index is 1230. The van der Waals surface area contributed by atoms with Gasteiger partial charge in [0.15, 0.2) is 5.76 Å². The van der Waals surface area contributed by atoms with Crippen LogP contribution in [0.5, 0.6) is 6.01 Å². The fourth-order valence-electron chi connectivity index (χ4n) is 3.02. The van der Waals surface area contributed by atoms with E-state index in [1.807, 2.05) is 0 Å². The van der Waals surface area contributed by atoms with Crippen molar-refractivity contribution in [1.29, 1.82) is 0 Å². The summed E-state index contributed by atoms with van der Waals surface area (Å²) in [5.74, 6) is 0.361. The number of anilines is 1. The Morgan fingerprint density at radius 3 is 2.41 bits per heavy atom. The Hall–Kier alpha value is -4.12. The fourth-order valence-corrected chi connectivity index (χ4v) is 3.02. The summed E-state index contributed by atoms with van der Waals surface area (Å²) in [7, 11) is 1.56. The maximum Gasteiger partial charge on any atom is 0.416 e. The molecule has 0 bridgehead atoms. The minimum atomic E-state index is -4.46. The molecule has 0 aliphatic rings. The van der Waals surface area contributed by atoms with E-state index in [4.69, 9.17) is 13.9 Å².